The van der Waals surface area contributed by atoms with Crippen molar-refractivity contribution in [2.45, 2.75) is 37.8 Å². The van der Waals surface area contributed by atoms with Crippen molar-refractivity contribution in [3.8, 4) is 0 Å². The molecule has 0 aromatic rings. The summed E-state index contributed by atoms with van der Waals surface area (Å²) in [5.41, 5.74) is 0.374. The zero-order chi connectivity index (χ0) is 16.6. The van der Waals surface area contributed by atoms with Crippen LogP contribution >= 0.6 is 0 Å². The third-order valence-corrected chi connectivity index (χ3v) is 5.29. The summed E-state index contributed by atoms with van der Waals surface area (Å²) < 4.78 is 24.1. The van der Waals surface area contributed by atoms with Crippen molar-refractivity contribution in [2.75, 3.05) is 26.7 Å². The molecule has 130 valence electrons. The van der Waals surface area contributed by atoms with Gasteiger partial charge in [0.2, 0.25) is 5.91 Å². The molecule has 2 saturated heterocycles. The van der Waals surface area contributed by atoms with E-state index in [1.165, 1.54) is 11.9 Å². The highest BCUT2D eigenvalue weighted by atomic mass is 32.2. The van der Waals surface area contributed by atoms with Crippen LogP contribution in [0.15, 0.2) is 0 Å². The second-order valence-corrected chi connectivity index (χ2v) is 7.25. The van der Waals surface area contributed by atoms with E-state index in [0.29, 0.717) is 18.3 Å². The fraction of sp³-hybridized carbons (Fsp3) is 0.846. The minimum absolute atomic E-state index is 0.167. The summed E-state index contributed by atoms with van der Waals surface area (Å²) >= 11 is -2.56. The predicted octanol–water partition coefficient (Wildman–Crippen LogP) is -0.561. The smallest absolute Gasteiger partial charge is 0.345 e. The highest BCUT2D eigenvalue weighted by Crippen LogP contribution is 2.44. The van der Waals surface area contributed by atoms with Gasteiger partial charge in [0.1, 0.15) is 6.04 Å². The van der Waals surface area contributed by atoms with E-state index >= 15 is 0 Å². The lowest BCUT2D eigenvalue weighted by Crippen LogP contribution is -2.66. The van der Waals surface area contributed by atoms with E-state index in [1.807, 2.05) is 0 Å². The van der Waals surface area contributed by atoms with E-state index in [1.54, 1.807) is 0 Å². The van der Waals surface area contributed by atoms with Gasteiger partial charge in [0, 0.05) is 26.2 Å². The molecule has 2 unspecified atom stereocenters. The van der Waals surface area contributed by atoms with Crippen molar-refractivity contribution in [1.29, 1.82) is 0 Å². The fourth-order valence-corrected chi connectivity index (χ4v) is 3.92. The van der Waals surface area contributed by atoms with Gasteiger partial charge in [-0.1, -0.05) is 0 Å². The van der Waals surface area contributed by atoms with Crippen molar-refractivity contribution in [2.24, 2.45) is 5.41 Å². The maximum Gasteiger partial charge on any atom is 0.345 e. The predicted molar refractivity (Wildman–Crippen MR) is 81.2 cm³/mol. The van der Waals surface area contributed by atoms with Crippen LogP contribution in [0, 0.1) is 5.41 Å². The highest BCUT2D eigenvalue weighted by molar-refractivity contribution is 7.74. The Bertz CT molecular complexity index is 518. The van der Waals surface area contributed by atoms with Gasteiger partial charge in [-0.3, -0.25) is 9.35 Å². The van der Waals surface area contributed by atoms with E-state index in [0.717, 1.165) is 31.0 Å². The average molecular weight is 346 g/mol. The quantitative estimate of drug-likeness (QED) is 0.589. The lowest BCUT2D eigenvalue weighted by atomic mass is 9.61. The van der Waals surface area contributed by atoms with Gasteiger partial charge in [0.25, 0.3) is 0 Å². The number of nitrogens with zero attached hydrogens (tertiary/aromatic N) is 2. The van der Waals surface area contributed by atoms with Gasteiger partial charge in [-0.05, 0) is 31.1 Å². The van der Waals surface area contributed by atoms with E-state index in [9.17, 15) is 13.8 Å². The summed E-state index contributed by atoms with van der Waals surface area (Å²) in [7, 11) is 1.51. The minimum atomic E-state index is -2.56. The first kappa shape index (κ1) is 16.6. The van der Waals surface area contributed by atoms with Crippen LogP contribution in [0.3, 0.4) is 0 Å². The Kier molecular flexibility index (Phi) is 4.59. The Morgan fingerprint density at radius 3 is 2.74 bits per heavy atom. The van der Waals surface area contributed by atoms with Crippen molar-refractivity contribution < 1.29 is 22.6 Å². The minimum Gasteiger partial charge on any atom is -0.352 e. The first-order valence-electron chi connectivity index (χ1n) is 7.75. The molecule has 1 saturated carbocycles. The van der Waals surface area contributed by atoms with Crippen LogP contribution in [0.25, 0.3) is 0 Å². The summed E-state index contributed by atoms with van der Waals surface area (Å²) in [5, 5.41) is 7.10. The third kappa shape index (κ3) is 3.35. The first-order chi connectivity index (χ1) is 10.9. The molecule has 1 spiro atoms. The van der Waals surface area contributed by atoms with Gasteiger partial charge in [-0.2, -0.15) is 9.27 Å². The number of hydroxylamine groups is 2. The molecule has 2 heterocycles. The van der Waals surface area contributed by atoms with Gasteiger partial charge in [0.15, 0.2) is 0 Å². The molecule has 0 radical (unpaired) electrons. The summed E-state index contributed by atoms with van der Waals surface area (Å²) in [4.78, 5) is 26.0. The van der Waals surface area contributed by atoms with E-state index in [4.69, 9.17) is 4.55 Å². The fourth-order valence-electron chi connectivity index (χ4n) is 3.63. The van der Waals surface area contributed by atoms with E-state index < -0.39 is 23.4 Å². The first-order valence-corrected chi connectivity index (χ1v) is 8.78. The lowest BCUT2D eigenvalue weighted by Gasteiger charge is -2.54. The molecule has 3 fully saturated rings. The number of hydrogen-bond donors (Lipinski definition) is 3. The SMILES string of the molecule is CN1C(=O)N(OS(=O)O)CCCC1C(=O)NC1CC2(CNC2)C1. The third-order valence-electron chi connectivity index (χ3n) is 4.98. The van der Waals surface area contributed by atoms with Crippen LogP contribution < -0.4 is 10.6 Å². The van der Waals surface area contributed by atoms with Crippen molar-refractivity contribution >= 4 is 23.3 Å². The molecule has 23 heavy (non-hydrogen) atoms. The zero-order valence-corrected chi connectivity index (χ0v) is 13.8. The Morgan fingerprint density at radius 1 is 1.48 bits per heavy atom. The monoisotopic (exact) mass is 346 g/mol. The standard InChI is InChI=1S/C13H22N4O5S/c1-16-10(3-2-4-17(12(16)19)22-23(20)21)11(18)15-9-5-13(6-9)7-14-8-13/h9-10,14H,2-8H2,1H3,(H,15,18)(H,20,21). The summed E-state index contributed by atoms with van der Waals surface area (Å²) in [6.07, 6.45) is 2.97. The number of urea groups is 1. The van der Waals surface area contributed by atoms with Gasteiger partial charge >= 0.3 is 17.4 Å². The van der Waals surface area contributed by atoms with Gasteiger partial charge in [0.05, 0.1) is 6.54 Å². The molecule has 3 rings (SSSR count). The second kappa shape index (κ2) is 6.34. The molecule has 0 aromatic heterocycles. The molecular weight excluding hydrogens is 324 g/mol. The van der Waals surface area contributed by atoms with Crippen molar-refractivity contribution in [1.82, 2.24) is 20.6 Å². The average Bonchev–Trinajstić information content (AvgIpc) is 2.53. The number of carbonyl (C=O) groups is 2. The number of rotatable bonds is 4. The van der Waals surface area contributed by atoms with Gasteiger partial charge < -0.3 is 15.5 Å². The van der Waals surface area contributed by atoms with E-state index in [2.05, 4.69) is 14.9 Å². The molecule has 0 bridgehead atoms. The van der Waals surface area contributed by atoms with E-state index in [-0.39, 0.29) is 18.5 Å². The molecule has 10 heteroatoms. The molecule has 3 N–H and O–H groups in total. The molecule has 9 nitrogen and oxygen atoms in total. The van der Waals surface area contributed by atoms with Crippen LogP contribution in [0.5, 0.6) is 0 Å². The van der Waals surface area contributed by atoms with Crippen LogP contribution in [-0.2, 0) is 20.4 Å². The molecule has 2 atom stereocenters. The molecule has 3 amide bonds. The van der Waals surface area contributed by atoms with Crippen molar-refractivity contribution in [3.63, 3.8) is 0 Å². The van der Waals surface area contributed by atoms with Crippen LogP contribution in [-0.4, -0.2) is 69.4 Å². The zero-order valence-electron chi connectivity index (χ0n) is 13.0. The number of nitrogens with one attached hydrogen (secondary N) is 2. The molecule has 0 aromatic carbocycles. The van der Waals surface area contributed by atoms with Gasteiger partial charge in [-0.15, -0.1) is 4.28 Å². The second-order valence-electron chi connectivity index (χ2n) is 6.66. The molecule has 3 aliphatic rings. The van der Waals surface area contributed by atoms with Gasteiger partial charge in [-0.25, -0.2) is 4.79 Å². The normalized spacial score (nSPS) is 28.8. The number of amides is 3. The summed E-state index contributed by atoms with van der Waals surface area (Å²) in [5.74, 6) is -0.167. The summed E-state index contributed by atoms with van der Waals surface area (Å²) in [6.45, 7) is 2.22. The Morgan fingerprint density at radius 2 is 2.17 bits per heavy atom. The Hall–Kier alpha value is -1.23. The van der Waals surface area contributed by atoms with Crippen molar-refractivity contribution in [3.05, 3.63) is 0 Å². The molecule has 2 aliphatic heterocycles. The highest BCUT2D eigenvalue weighted by Gasteiger charge is 2.49. The maximum atomic E-state index is 12.5. The summed E-state index contributed by atoms with van der Waals surface area (Å²) in [6, 6.07) is -0.994. The van der Waals surface area contributed by atoms with Crippen LogP contribution in [0.2, 0.25) is 0 Å². The molecule has 1 aliphatic carbocycles. The number of hydrogen-bond acceptors (Lipinski definition) is 5. The topological polar surface area (TPSA) is 111 Å². The number of carbonyl (C=O) groups excluding carboxylic acids is 2. The largest absolute Gasteiger partial charge is 0.352 e. The Labute approximate surface area is 137 Å². The van der Waals surface area contributed by atoms with Crippen LogP contribution in [0.1, 0.15) is 25.7 Å². The Balaban J connectivity index is 1.55. The molecular formula is C13H22N4O5S. The number of likely N-dealkylation sites (N-methyl/N-ethyl adjacent to an activating group) is 1. The lowest BCUT2D eigenvalue weighted by molar-refractivity contribution is -0.128. The van der Waals surface area contributed by atoms with Crippen LogP contribution in [0.4, 0.5) is 4.79 Å². The maximum absolute atomic E-state index is 12.5.